The van der Waals surface area contributed by atoms with Gasteiger partial charge in [0.05, 0.1) is 0 Å². The Kier molecular flexibility index (Phi) is 6.92. The van der Waals surface area contributed by atoms with E-state index < -0.39 is 0 Å². The molecule has 1 aliphatic heterocycles. The topological polar surface area (TPSA) is 35.6 Å². The molecule has 1 saturated heterocycles. The molecule has 1 N–H and O–H groups in total. The average molecular weight is 452 g/mol. The lowest BCUT2D eigenvalue weighted by molar-refractivity contribution is 0.0963. The van der Waals surface area contributed by atoms with Crippen LogP contribution in [0.1, 0.15) is 49.0 Å². The van der Waals surface area contributed by atoms with Gasteiger partial charge >= 0.3 is 0 Å². The van der Waals surface area contributed by atoms with Gasteiger partial charge in [0.1, 0.15) is 0 Å². The lowest BCUT2D eigenvalue weighted by Crippen LogP contribution is -2.47. The molecule has 4 nitrogen and oxygen atoms in total. The molecule has 2 aliphatic rings. The summed E-state index contributed by atoms with van der Waals surface area (Å²) in [5.41, 5.74) is 6.70. The Bertz CT molecular complexity index is 971. The number of nitrogens with zero attached hydrogens (tertiary/aromatic N) is 2. The standard InChI is InChI=1S/C27H34ClN3O/c1-27(2)13-12-25(20-4-8-23(28)9-5-20)22(18-27)19-30-14-16-31(17-15-30)24-10-6-21(7-11-24)26(32)29-3/h4-11H,12-19H2,1-3H3,(H,29,32). The maximum Gasteiger partial charge on any atom is 0.251 e. The molecule has 5 heteroatoms. The van der Waals surface area contributed by atoms with Gasteiger partial charge in [0, 0.05) is 56.0 Å². The third-order valence-corrected chi connectivity index (χ3v) is 7.12. The first-order valence-electron chi connectivity index (χ1n) is 11.6. The van der Waals surface area contributed by atoms with E-state index in [4.69, 9.17) is 11.6 Å². The van der Waals surface area contributed by atoms with Crippen LogP contribution in [-0.4, -0.2) is 50.6 Å². The van der Waals surface area contributed by atoms with E-state index in [0.717, 1.165) is 50.6 Å². The Balaban J connectivity index is 1.43. The van der Waals surface area contributed by atoms with Crippen molar-refractivity contribution in [1.29, 1.82) is 0 Å². The predicted molar refractivity (Wildman–Crippen MR) is 134 cm³/mol. The maximum absolute atomic E-state index is 11.8. The molecule has 0 atom stereocenters. The Labute approximate surface area is 197 Å². The SMILES string of the molecule is CNC(=O)c1ccc(N2CCN(CC3=C(c4ccc(Cl)cc4)CCC(C)(C)C3)CC2)cc1. The van der Waals surface area contributed by atoms with Crippen LogP contribution in [0, 0.1) is 5.41 Å². The van der Waals surface area contributed by atoms with Crippen LogP contribution in [0.2, 0.25) is 5.02 Å². The molecule has 0 spiro atoms. The van der Waals surface area contributed by atoms with Crippen molar-refractivity contribution in [3.8, 4) is 0 Å². The molecule has 1 amide bonds. The van der Waals surface area contributed by atoms with Crippen molar-refractivity contribution >= 4 is 28.8 Å². The van der Waals surface area contributed by atoms with Crippen LogP contribution in [0.15, 0.2) is 54.1 Å². The zero-order valence-electron chi connectivity index (χ0n) is 19.5. The highest BCUT2D eigenvalue weighted by Crippen LogP contribution is 2.42. The van der Waals surface area contributed by atoms with Crippen molar-refractivity contribution in [2.75, 3.05) is 44.7 Å². The van der Waals surface area contributed by atoms with Gasteiger partial charge < -0.3 is 10.2 Å². The average Bonchev–Trinajstić information content (AvgIpc) is 2.80. The molecule has 0 bridgehead atoms. The van der Waals surface area contributed by atoms with Gasteiger partial charge in [-0.3, -0.25) is 9.69 Å². The summed E-state index contributed by atoms with van der Waals surface area (Å²) >= 11 is 6.13. The van der Waals surface area contributed by atoms with Gasteiger partial charge in [-0.2, -0.15) is 0 Å². The molecule has 0 aromatic heterocycles. The summed E-state index contributed by atoms with van der Waals surface area (Å²) in [6, 6.07) is 16.3. The monoisotopic (exact) mass is 451 g/mol. The van der Waals surface area contributed by atoms with Crippen molar-refractivity contribution in [3.63, 3.8) is 0 Å². The van der Waals surface area contributed by atoms with Gasteiger partial charge in [0.15, 0.2) is 0 Å². The van der Waals surface area contributed by atoms with Crippen molar-refractivity contribution in [1.82, 2.24) is 10.2 Å². The zero-order valence-corrected chi connectivity index (χ0v) is 20.2. The summed E-state index contributed by atoms with van der Waals surface area (Å²) in [6.45, 7) is 9.95. The molecule has 2 aromatic carbocycles. The lowest BCUT2D eigenvalue weighted by Gasteiger charge is -2.39. The number of hydrogen-bond donors (Lipinski definition) is 1. The van der Waals surface area contributed by atoms with Crippen LogP contribution in [0.4, 0.5) is 5.69 Å². The largest absolute Gasteiger partial charge is 0.369 e. The predicted octanol–water partition coefficient (Wildman–Crippen LogP) is 5.49. The highest BCUT2D eigenvalue weighted by Gasteiger charge is 2.29. The number of nitrogens with one attached hydrogen (secondary N) is 1. The number of carbonyl (C=O) groups excluding carboxylic acids is 1. The number of allylic oxidation sites excluding steroid dienone is 1. The molecule has 4 rings (SSSR count). The molecule has 0 saturated carbocycles. The summed E-state index contributed by atoms with van der Waals surface area (Å²) in [6.07, 6.45) is 3.53. The van der Waals surface area contributed by atoms with E-state index in [1.807, 2.05) is 24.3 Å². The van der Waals surface area contributed by atoms with Gasteiger partial charge in [0.25, 0.3) is 5.91 Å². The molecule has 2 aromatic rings. The summed E-state index contributed by atoms with van der Waals surface area (Å²) in [7, 11) is 1.66. The number of benzene rings is 2. The second kappa shape index (κ2) is 9.68. The number of rotatable bonds is 5. The fourth-order valence-electron chi connectivity index (χ4n) is 4.97. The van der Waals surface area contributed by atoms with Crippen molar-refractivity contribution in [2.45, 2.75) is 33.1 Å². The first kappa shape index (κ1) is 22.9. The molecular weight excluding hydrogens is 418 g/mol. The number of piperazine rings is 1. The van der Waals surface area contributed by atoms with Gasteiger partial charge in [-0.05, 0) is 72.2 Å². The fourth-order valence-corrected chi connectivity index (χ4v) is 5.09. The number of anilines is 1. The normalized spacial score (nSPS) is 19.2. The van der Waals surface area contributed by atoms with E-state index in [-0.39, 0.29) is 5.91 Å². The molecule has 32 heavy (non-hydrogen) atoms. The minimum Gasteiger partial charge on any atom is -0.369 e. The summed E-state index contributed by atoms with van der Waals surface area (Å²) in [4.78, 5) is 16.8. The van der Waals surface area contributed by atoms with Crippen LogP contribution in [-0.2, 0) is 0 Å². The smallest absolute Gasteiger partial charge is 0.251 e. The van der Waals surface area contributed by atoms with Gasteiger partial charge in [-0.15, -0.1) is 0 Å². The molecular formula is C27H34ClN3O. The van der Waals surface area contributed by atoms with Crippen molar-refractivity contribution in [2.24, 2.45) is 5.41 Å². The second-order valence-electron chi connectivity index (χ2n) is 9.82. The van der Waals surface area contributed by atoms with Crippen LogP contribution >= 0.6 is 11.6 Å². The minimum absolute atomic E-state index is 0.0402. The highest BCUT2D eigenvalue weighted by molar-refractivity contribution is 6.30. The molecule has 0 radical (unpaired) electrons. The summed E-state index contributed by atoms with van der Waals surface area (Å²) < 4.78 is 0. The first-order chi connectivity index (χ1) is 15.3. The molecule has 170 valence electrons. The second-order valence-corrected chi connectivity index (χ2v) is 10.3. The maximum atomic E-state index is 11.8. The molecule has 1 fully saturated rings. The van der Waals surface area contributed by atoms with Gasteiger partial charge in [0.2, 0.25) is 0 Å². The minimum atomic E-state index is -0.0402. The van der Waals surface area contributed by atoms with Crippen molar-refractivity contribution in [3.05, 3.63) is 70.3 Å². The van der Waals surface area contributed by atoms with Crippen molar-refractivity contribution < 1.29 is 4.79 Å². The van der Waals surface area contributed by atoms with E-state index in [1.54, 1.807) is 12.6 Å². The lowest BCUT2D eigenvalue weighted by atomic mass is 9.73. The summed E-state index contributed by atoms with van der Waals surface area (Å²) in [5, 5.41) is 3.48. The third kappa shape index (κ3) is 5.36. The van der Waals surface area contributed by atoms with Gasteiger partial charge in [-0.25, -0.2) is 0 Å². The Morgan fingerprint density at radius 1 is 1.00 bits per heavy atom. The molecule has 0 unspecified atom stereocenters. The number of carbonyl (C=O) groups is 1. The number of amides is 1. The summed E-state index contributed by atoms with van der Waals surface area (Å²) in [5.74, 6) is -0.0402. The fraction of sp³-hybridized carbons (Fsp3) is 0.444. The Hall–Kier alpha value is -2.30. The van der Waals surface area contributed by atoms with E-state index in [2.05, 4.69) is 53.2 Å². The third-order valence-electron chi connectivity index (χ3n) is 6.87. The highest BCUT2D eigenvalue weighted by atomic mass is 35.5. The molecule has 1 aliphatic carbocycles. The van der Waals surface area contributed by atoms with E-state index in [0.29, 0.717) is 11.0 Å². The Morgan fingerprint density at radius 2 is 1.66 bits per heavy atom. The van der Waals surface area contributed by atoms with E-state index >= 15 is 0 Å². The molecule has 1 heterocycles. The number of hydrogen-bond acceptors (Lipinski definition) is 3. The van der Waals surface area contributed by atoms with Crippen LogP contribution in [0.3, 0.4) is 0 Å². The number of halogens is 1. The van der Waals surface area contributed by atoms with Crippen LogP contribution in [0.5, 0.6) is 0 Å². The zero-order chi connectivity index (χ0) is 22.7. The van der Waals surface area contributed by atoms with E-state index in [9.17, 15) is 4.79 Å². The quantitative estimate of drug-likeness (QED) is 0.653. The van der Waals surface area contributed by atoms with E-state index in [1.165, 1.54) is 23.2 Å². The van der Waals surface area contributed by atoms with Crippen LogP contribution < -0.4 is 10.2 Å². The van der Waals surface area contributed by atoms with Crippen LogP contribution in [0.25, 0.3) is 5.57 Å². The Morgan fingerprint density at radius 3 is 2.28 bits per heavy atom. The van der Waals surface area contributed by atoms with Gasteiger partial charge in [-0.1, -0.05) is 43.2 Å². The first-order valence-corrected chi connectivity index (χ1v) is 12.0.